The number of carbonyl (C=O) groups is 2. The molecule has 1 amide bonds. The summed E-state index contributed by atoms with van der Waals surface area (Å²) >= 11 is 6.05. The van der Waals surface area contributed by atoms with Crippen molar-refractivity contribution in [2.24, 2.45) is 0 Å². The standard InChI is InChI=1S/C10H9Br2NO2/c1-7(14)10(11,12)9(15)13-8-5-3-2-4-6-8/h2-6H,1H3,(H,13,15). The number of amides is 1. The molecule has 0 aliphatic rings. The average Bonchev–Trinajstić information content (AvgIpc) is 2.18. The van der Waals surface area contributed by atoms with Gasteiger partial charge in [-0.1, -0.05) is 50.1 Å². The Hall–Kier alpha value is -0.680. The van der Waals surface area contributed by atoms with Crippen LogP contribution in [0.1, 0.15) is 6.92 Å². The van der Waals surface area contributed by atoms with Crippen molar-refractivity contribution in [1.29, 1.82) is 0 Å². The van der Waals surface area contributed by atoms with E-state index in [1.54, 1.807) is 24.3 Å². The van der Waals surface area contributed by atoms with Gasteiger partial charge < -0.3 is 5.32 Å². The first kappa shape index (κ1) is 12.4. The molecule has 1 rings (SSSR count). The summed E-state index contributed by atoms with van der Waals surface area (Å²) < 4.78 is -1.35. The van der Waals surface area contributed by atoms with Gasteiger partial charge in [0.2, 0.25) is 3.23 Å². The van der Waals surface area contributed by atoms with Crippen molar-refractivity contribution >= 4 is 49.2 Å². The summed E-state index contributed by atoms with van der Waals surface area (Å²) in [4.78, 5) is 22.8. The van der Waals surface area contributed by atoms with E-state index < -0.39 is 9.14 Å². The number of nitrogens with one attached hydrogen (secondary N) is 1. The van der Waals surface area contributed by atoms with Gasteiger partial charge in [-0.3, -0.25) is 9.59 Å². The molecule has 0 heterocycles. The van der Waals surface area contributed by atoms with Crippen LogP contribution in [0.3, 0.4) is 0 Å². The van der Waals surface area contributed by atoms with Crippen LogP contribution in [0.5, 0.6) is 0 Å². The molecule has 0 aromatic heterocycles. The third kappa shape index (κ3) is 3.14. The molecular weight excluding hydrogens is 326 g/mol. The largest absolute Gasteiger partial charge is 0.324 e. The van der Waals surface area contributed by atoms with Crippen LogP contribution in [0.2, 0.25) is 0 Å². The van der Waals surface area contributed by atoms with Gasteiger partial charge in [-0.2, -0.15) is 0 Å². The van der Waals surface area contributed by atoms with Gasteiger partial charge in [-0.25, -0.2) is 0 Å². The lowest BCUT2D eigenvalue weighted by Gasteiger charge is -2.16. The molecule has 0 saturated heterocycles. The molecule has 0 saturated carbocycles. The van der Waals surface area contributed by atoms with Crippen molar-refractivity contribution < 1.29 is 9.59 Å². The number of hydrogen-bond donors (Lipinski definition) is 1. The average molecular weight is 335 g/mol. The van der Waals surface area contributed by atoms with Crippen LogP contribution in [0.15, 0.2) is 30.3 Å². The monoisotopic (exact) mass is 333 g/mol. The van der Waals surface area contributed by atoms with Crippen LogP contribution < -0.4 is 5.32 Å². The van der Waals surface area contributed by atoms with Gasteiger partial charge in [0.15, 0.2) is 5.78 Å². The lowest BCUT2D eigenvalue weighted by molar-refractivity contribution is -0.124. The van der Waals surface area contributed by atoms with Gasteiger partial charge >= 0.3 is 0 Å². The zero-order valence-electron chi connectivity index (χ0n) is 7.96. The fourth-order valence-corrected chi connectivity index (χ4v) is 1.09. The highest BCUT2D eigenvalue weighted by Crippen LogP contribution is 2.28. The number of hydrogen-bond acceptors (Lipinski definition) is 2. The van der Waals surface area contributed by atoms with Crippen molar-refractivity contribution in [3.05, 3.63) is 30.3 Å². The van der Waals surface area contributed by atoms with Gasteiger partial charge in [0, 0.05) is 5.69 Å². The predicted octanol–water partition coefficient (Wildman–Crippen LogP) is 2.70. The van der Waals surface area contributed by atoms with Crippen LogP contribution in [0.4, 0.5) is 5.69 Å². The Labute approximate surface area is 104 Å². The maximum atomic E-state index is 11.6. The Morgan fingerprint density at radius 2 is 1.73 bits per heavy atom. The summed E-state index contributed by atoms with van der Waals surface area (Å²) in [5.74, 6) is -0.753. The molecule has 0 aliphatic heterocycles. The lowest BCUT2D eigenvalue weighted by Crippen LogP contribution is -2.37. The molecule has 1 N–H and O–H groups in total. The summed E-state index contributed by atoms with van der Waals surface area (Å²) in [5, 5.41) is 2.61. The Morgan fingerprint density at radius 1 is 1.20 bits per heavy atom. The molecule has 0 atom stereocenters. The molecule has 0 bridgehead atoms. The van der Waals surface area contributed by atoms with Crippen molar-refractivity contribution in [1.82, 2.24) is 0 Å². The minimum atomic E-state index is -1.35. The van der Waals surface area contributed by atoms with Gasteiger partial charge in [-0.05, 0) is 19.1 Å². The number of Topliss-reactive ketones (excluding diaryl/α,β-unsaturated/α-hetero) is 1. The van der Waals surface area contributed by atoms with Crippen molar-refractivity contribution in [2.45, 2.75) is 10.2 Å². The van der Waals surface area contributed by atoms with Crippen LogP contribution in [0.25, 0.3) is 0 Å². The van der Waals surface area contributed by atoms with Gasteiger partial charge in [0.05, 0.1) is 0 Å². The number of rotatable bonds is 3. The number of carbonyl (C=O) groups excluding carboxylic acids is 2. The molecule has 0 aliphatic carbocycles. The normalized spacial score (nSPS) is 10.9. The highest BCUT2D eigenvalue weighted by molar-refractivity contribution is 9.26. The van der Waals surface area contributed by atoms with Crippen LogP contribution in [0, 0.1) is 0 Å². The SMILES string of the molecule is CC(=O)C(Br)(Br)C(=O)Nc1ccccc1. The molecule has 1 aromatic carbocycles. The summed E-state index contributed by atoms with van der Waals surface area (Å²) in [5.41, 5.74) is 0.645. The van der Waals surface area contributed by atoms with Gasteiger partial charge in [-0.15, -0.1) is 0 Å². The molecule has 15 heavy (non-hydrogen) atoms. The first-order chi connectivity index (χ1) is 6.94. The Bertz CT molecular complexity index is 376. The predicted molar refractivity (Wildman–Crippen MR) is 66.3 cm³/mol. The minimum Gasteiger partial charge on any atom is -0.324 e. The molecule has 80 valence electrons. The van der Waals surface area contributed by atoms with Crippen LogP contribution >= 0.6 is 31.9 Å². The second kappa shape index (κ2) is 4.90. The third-order valence-corrected chi connectivity index (χ3v) is 3.60. The highest BCUT2D eigenvalue weighted by Gasteiger charge is 2.37. The van der Waals surface area contributed by atoms with E-state index in [2.05, 4.69) is 37.2 Å². The first-order valence-electron chi connectivity index (χ1n) is 4.20. The van der Waals surface area contributed by atoms with E-state index >= 15 is 0 Å². The van der Waals surface area contributed by atoms with E-state index in [9.17, 15) is 9.59 Å². The Balaban J connectivity index is 2.77. The summed E-state index contributed by atoms with van der Waals surface area (Å²) in [6.45, 7) is 1.33. The second-order valence-corrected chi connectivity index (χ2v) is 6.39. The molecule has 0 unspecified atom stereocenters. The van der Waals surface area contributed by atoms with E-state index in [4.69, 9.17) is 0 Å². The number of alkyl halides is 2. The zero-order chi connectivity index (χ0) is 11.5. The van der Waals surface area contributed by atoms with Gasteiger partial charge in [0.1, 0.15) is 0 Å². The summed E-state index contributed by atoms with van der Waals surface area (Å²) in [6, 6.07) is 8.93. The van der Waals surface area contributed by atoms with Crippen molar-refractivity contribution in [3.8, 4) is 0 Å². The molecule has 0 fully saturated rings. The maximum absolute atomic E-state index is 11.6. The number of halogens is 2. The fourth-order valence-electron chi connectivity index (χ4n) is 0.891. The van der Waals surface area contributed by atoms with Crippen LogP contribution in [-0.2, 0) is 9.59 Å². The van der Waals surface area contributed by atoms with E-state index in [0.717, 1.165) is 0 Å². The highest BCUT2D eigenvalue weighted by atomic mass is 79.9. The van der Waals surface area contributed by atoms with Gasteiger partial charge in [0.25, 0.3) is 5.91 Å². The number of benzene rings is 1. The quantitative estimate of drug-likeness (QED) is 0.682. The van der Waals surface area contributed by atoms with E-state index in [1.807, 2.05) is 6.07 Å². The third-order valence-electron chi connectivity index (χ3n) is 1.76. The molecule has 0 spiro atoms. The second-order valence-electron chi connectivity index (χ2n) is 2.95. The summed E-state index contributed by atoms with van der Waals surface area (Å²) in [7, 11) is 0. The number of para-hydroxylation sites is 1. The number of ketones is 1. The van der Waals surface area contributed by atoms with E-state index in [0.29, 0.717) is 5.69 Å². The summed E-state index contributed by atoms with van der Waals surface area (Å²) in [6.07, 6.45) is 0. The smallest absolute Gasteiger partial charge is 0.259 e. The zero-order valence-corrected chi connectivity index (χ0v) is 11.1. The molecule has 0 radical (unpaired) electrons. The molecular formula is C10H9Br2NO2. The Kier molecular flexibility index (Phi) is 4.04. The molecule has 5 heteroatoms. The van der Waals surface area contributed by atoms with Crippen molar-refractivity contribution in [2.75, 3.05) is 5.32 Å². The number of anilines is 1. The Morgan fingerprint density at radius 3 is 2.20 bits per heavy atom. The topological polar surface area (TPSA) is 46.2 Å². The van der Waals surface area contributed by atoms with E-state index in [-0.39, 0.29) is 5.78 Å². The fraction of sp³-hybridized carbons (Fsp3) is 0.200. The van der Waals surface area contributed by atoms with E-state index in [1.165, 1.54) is 6.92 Å². The minimum absolute atomic E-state index is 0.309. The lowest BCUT2D eigenvalue weighted by atomic mass is 10.2. The molecule has 1 aromatic rings. The molecule has 3 nitrogen and oxygen atoms in total. The first-order valence-corrected chi connectivity index (χ1v) is 5.78. The van der Waals surface area contributed by atoms with Crippen LogP contribution in [-0.4, -0.2) is 14.9 Å². The maximum Gasteiger partial charge on any atom is 0.259 e. The van der Waals surface area contributed by atoms with Crippen molar-refractivity contribution in [3.63, 3.8) is 0 Å².